The van der Waals surface area contributed by atoms with Gasteiger partial charge in [0.1, 0.15) is 0 Å². The summed E-state index contributed by atoms with van der Waals surface area (Å²) in [6, 6.07) is 39.2. The summed E-state index contributed by atoms with van der Waals surface area (Å²) in [5.74, 6) is -3.84. The van der Waals surface area contributed by atoms with Crippen LogP contribution >= 0.6 is 23.2 Å². The number of carboxylic acid groups (broad SMARTS) is 1. The van der Waals surface area contributed by atoms with Crippen LogP contribution in [0.25, 0.3) is 0 Å². The van der Waals surface area contributed by atoms with Gasteiger partial charge < -0.3 is 19.6 Å². The molecule has 2 heterocycles. The number of hydrogen-bond acceptors (Lipinski definition) is 7. The van der Waals surface area contributed by atoms with Crippen LogP contribution in [0.2, 0.25) is 10.0 Å². The van der Waals surface area contributed by atoms with Crippen molar-refractivity contribution in [1.29, 1.82) is 0 Å². The number of rotatable bonds is 10. The third kappa shape index (κ3) is 8.41. The van der Waals surface area contributed by atoms with Gasteiger partial charge >= 0.3 is 11.9 Å². The second kappa shape index (κ2) is 17.3. The number of carbonyl (C=O) groups excluding carboxylic acids is 5. The first-order valence-electron chi connectivity index (χ1n) is 18.4. The summed E-state index contributed by atoms with van der Waals surface area (Å²) in [4.78, 5) is 77.7. The number of anilines is 2. The van der Waals surface area contributed by atoms with Gasteiger partial charge in [0.25, 0.3) is 23.4 Å². The Morgan fingerprint density at radius 2 is 0.966 bits per heavy atom. The Labute approximate surface area is 349 Å². The smallest absolute Gasteiger partial charge is 0.338 e. The van der Waals surface area contributed by atoms with E-state index in [9.17, 15) is 33.9 Å². The molecule has 0 spiro atoms. The van der Waals surface area contributed by atoms with E-state index in [0.29, 0.717) is 79.9 Å². The number of carboxylic acids is 1. The number of carbonyl (C=O) groups is 6. The fourth-order valence-corrected chi connectivity index (χ4v) is 7.62. The molecule has 1 N–H and O–H groups in total. The maximum Gasteiger partial charge on any atom is 0.338 e. The Balaban J connectivity index is 0.000000179. The van der Waals surface area contributed by atoms with Crippen LogP contribution in [-0.4, -0.2) is 47.5 Å². The molecular weight excluding hydrogens is 791 g/mol. The van der Waals surface area contributed by atoms with Crippen molar-refractivity contribution in [2.75, 3.05) is 16.9 Å². The fraction of sp³-hybridized carbons (Fsp3) is 0.106. The van der Waals surface area contributed by atoms with Gasteiger partial charge in [-0.2, -0.15) is 0 Å². The number of amides is 2. The molecule has 2 aliphatic rings. The van der Waals surface area contributed by atoms with Gasteiger partial charge in [-0.1, -0.05) is 120 Å². The van der Waals surface area contributed by atoms with Crippen molar-refractivity contribution >= 4 is 69.9 Å². The molecule has 8 rings (SSSR count). The zero-order chi connectivity index (χ0) is 41.8. The van der Waals surface area contributed by atoms with Crippen molar-refractivity contribution in [2.45, 2.75) is 25.9 Å². The molecule has 0 fully saturated rings. The second-order valence-electron chi connectivity index (χ2n) is 13.8. The monoisotopic (exact) mass is 824 g/mol. The third-order valence-corrected chi connectivity index (χ3v) is 10.6. The number of fused-ring (bicyclic) bond motifs is 2. The number of nitrogens with zero attached hydrogens (tertiary/aromatic N) is 2. The predicted molar refractivity (Wildman–Crippen MR) is 224 cm³/mol. The molecule has 0 saturated heterocycles. The quantitative estimate of drug-likeness (QED) is 0.107. The molecule has 6 aromatic carbocycles. The van der Waals surface area contributed by atoms with Crippen molar-refractivity contribution in [1.82, 2.24) is 0 Å². The fourth-order valence-electron chi connectivity index (χ4n) is 7.28. The number of ether oxygens (including phenoxy) is 1. The first-order chi connectivity index (χ1) is 28.4. The molecule has 10 nitrogen and oxygen atoms in total. The minimum absolute atomic E-state index is 0.0769. The van der Waals surface area contributed by atoms with E-state index >= 15 is 0 Å². The number of methoxy groups -OCH3 is 1. The highest BCUT2D eigenvalue weighted by atomic mass is 35.5. The molecule has 0 aromatic heterocycles. The lowest BCUT2D eigenvalue weighted by molar-refractivity contribution is -0.115. The lowest BCUT2D eigenvalue weighted by Gasteiger charge is -2.17. The van der Waals surface area contributed by atoms with Crippen LogP contribution in [0.1, 0.15) is 74.8 Å². The number of aromatic carboxylic acids is 1. The molecule has 2 aliphatic heterocycles. The van der Waals surface area contributed by atoms with Crippen molar-refractivity contribution in [3.05, 3.63) is 199 Å². The average molecular weight is 826 g/mol. The molecule has 0 bridgehead atoms. The molecule has 0 atom stereocenters. The van der Waals surface area contributed by atoms with E-state index in [1.165, 1.54) is 23.0 Å². The minimum Gasteiger partial charge on any atom is -0.478 e. The Kier molecular flexibility index (Phi) is 11.8. The Bertz CT molecular complexity index is 2660. The van der Waals surface area contributed by atoms with Crippen molar-refractivity contribution in [3.63, 3.8) is 0 Å². The van der Waals surface area contributed by atoms with Crippen LogP contribution in [0, 0.1) is 0 Å². The molecule has 0 unspecified atom stereocenters. The molecule has 59 heavy (non-hydrogen) atoms. The van der Waals surface area contributed by atoms with Crippen molar-refractivity contribution in [3.8, 4) is 0 Å². The van der Waals surface area contributed by atoms with E-state index in [0.717, 1.165) is 11.1 Å². The van der Waals surface area contributed by atoms with Gasteiger partial charge in [-0.3, -0.25) is 19.2 Å². The van der Waals surface area contributed by atoms with Crippen LogP contribution in [-0.2, 0) is 40.3 Å². The normalized spacial score (nSPS) is 12.9. The maximum absolute atomic E-state index is 12.8. The summed E-state index contributed by atoms with van der Waals surface area (Å²) in [5.41, 5.74) is 6.58. The number of benzene rings is 6. The van der Waals surface area contributed by atoms with Crippen molar-refractivity contribution in [2.24, 2.45) is 0 Å². The van der Waals surface area contributed by atoms with E-state index in [1.807, 2.05) is 66.7 Å². The Hall–Kier alpha value is -6.88. The topological polar surface area (TPSA) is 138 Å². The van der Waals surface area contributed by atoms with Gasteiger partial charge in [-0.05, 0) is 82.6 Å². The zero-order valence-electron chi connectivity index (χ0n) is 31.5. The zero-order valence-corrected chi connectivity index (χ0v) is 33.0. The first-order valence-corrected chi connectivity index (χ1v) is 19.1. The number of esters is 1. The van der Waals surface area contributed by atoms with Crippen LogP contribution in [0.15, 0.2) is 133 Å². The molecule has 6 aromatic rings. The van der Waals surface area contributed by atoms with Crippen LogP contribution in [0.3, 0.4) is 0 Å². The van der Waals surface area contributed by atoms with Crippen LogP contribution in [0.4, 0.5) is 11.4 Å². The van der Waals surface area contributed by atoms with Gasteiger partial charge in [0.2, 0.25) is 0 Å². The molecule has 0 aliphatic carbocycles. The highest BCUT2D eigenvalue weighted by Gasteiger charge is 2.39. The Morgan fingerprint density at radius 1 is 0.542 bits per heavy atom. The summed E-state index contributed by atoms with van der Waals surface area (Å²) in [6.07, 6.45) is 0.503. The summed E-state index contributed by atoms with van der Waals surface area (Å²) >= 11 is 12.0. The van der Waals surface area contributed by atoms with Crippen LogP contribution in [0.5, 0.6) is 0 Å². The van der Waals surface area contributed by atoms with E-state index < -0.39 is 35.3 Å². The lowest BCUT2D eigenvalue weighted by atomic mass is 9.94. The van der Waals surface area contributed by atoms with E-state index in [4.69, 9.17) is 27.9 Å². The molecule has 2 amide bonds. The second-order valence-corrected chi connectivity index (χ2v) is 14.7. The van der Waals surface area contributed by atoms with Gasteiger partial charge in [0, 0.05) is 10.0 Å². The number of ketones is 2. The average Bonchev–Trinajstić information content (AvgIpc) is 3.63. The number of hydrogen-bond donors (Lipinski definition) is 1. The molecular formula is C47H34Cl2N2O8. The summed E-state index contributed by atoms with van der Waals surface area (Å²) in [7, 11) is 1.30. The summed E-state index contributed by atoms with van der Waals surface area (Å²) < 4.78 is 4.86. The molecule has 0 saturated carbocycles. The minimum atomic E-state index is -1.09. The number of Topliss-reactive ketones (excluding diaryl/α,β-unsaturated/α-hetero) is 2. The standard InChI is InChI=1S/C24H18ClNO4.C23H16ClNO4/c1-30-24(29)19-13-18(25)11-10-16(19)12-17-8-5-9-20-21(17)22(27)23(28)26(20)14-15-6-3-2-4-7-15;24-17-10-9-15(18(12-17)23(28)29)11-16-7-4-8-19-20(16)21(26)22(27)25(19)13-14-5-2-1-3-6-14/h2-11,13H,12,14H2,1H3;1-10,12H,11,13H2,(H,28,29). The lowest BCUT2D eigenvalue weighted by Crippen LogP contribution is -2.29. The van der Waals surface area contributed by atoms with Crippen LogP contribution < -0.4 is 9.80 Å². The summed E-state index contributed by atoms with van der Waals surface area (Å²) in [5, 5.41) is 10.2. The molecule has 12 heteroatoms. The molecule has 294 valence electrons. The SMILES string of the molecule is COC(=O)c1cc(Cl)ccc1Cc1cccc2c1C(=O)C(=O)N2Cc1ccccc1.O=C(O)c1cc(Cl)ccc1Cc1cccc2c1C(=O)C(=O)N2Cc1ccccc1. The van der Waals surface area contributed by atoms with Gasteiger partial charge in [-0.25, -0.2) is 9.59 Å². The van der Waals surface area contributed by atoms with Gasteiger partial charge in [0.15, 0.2) is 0 Å². The van der Waals surface area contributed by atoms with E-state index in [-0.39, 0.29) is 12.0 Å². The largest absolute Gasteiger partial charge is 0.478 e. The molecule has 0 radical (unpaired) electrons. The summed E-state index contributed by atoms with van der Waals surface area (Å²) in [6.45, 7) is 0.611. The number of halogens is 2. The third-order valence-electron chi connectivity index (χ3n) is 10.1. The Morgan fingerprint density at radius 3 is 1.39 bits per heavy atom. The maximum atomic E-state index is 12.8. The highest BCUT2D eigenvalue weighted by Crippen LogP contribution is 2.36. The predicted octanol–water partition coefficient (Wildman–Crippen LogP) is 8.81. The van der Waals surface area contributed by atoms with Gasteiger partial charge in [0.05, 0.1) is 53.8 Å². The van der Waals surface area contributed by atoms with E-state index in [2.05, 4.69) is 0 Å². The van der Waals surface area contributed by atoms with Gasteiger partial charge in [-0.15, -0.1) is 0 Å². The highest BCUT2D eigenvalue weighted by molar-refractivity contribution is 6.53. The first kappa shape index (κ1) is 40.3. The van der Waals surface area contributed by atoms with E-state index in [1.54, 1.807) is 60.7 Å². The van der Waals surface area contributed by atoms with Crippen molar-refractivity contribution < 1.29 is 38.6 Å².